The highest BCUT2D eigenvalue weighted by Gasteiger charge is 2.36. The molecule has 0 saturated carbocycles. The van der Waals surface area contributed by atoms with Gasteiger partial charge in [0.1, 0.15) is 5.60 Å². The number of hydrazone groups is 1. The van der Waals surface area contributed by atoms with Crippen molar-refractivity contribution in [1.29, 1.82) is 0 Å². The van der Waals surface area contributed by atoms with Gasteiger partial charge in [-0.15, -0.1) is 0 Å². The van der Waals surface area contributed by atoms with Crippen molar-refractivity contribution in [3.8, 4) is 0 Å². The molecule has 2 aromatic rings. The monoisotopic (exact) mass is 437 g/mol. The maximum Gasteiger partial charge on any atom is 0.410 e. The second-order valence-electron chi connectivity index (χ2n) is 9.82. The van der Waals surface area contributed by atoms with Crippen LogP contribution in [-0.4, -0.2) is 70.0 Å². The molecular weight excluding hydrogens is 406 g/mol. The lowest BCUT2D eigenvalue weighted by Crippen LogP contribution is -2.50. The number of piperazine rings is 1. The van der Waals surface area contributed by atoms with Gasteiger partial charge in [0.2, 0.25) is 5.95 Å². The fourth-order valence-corrected chi connectivity index (χ4v) is 3.90. The second-order valence-corrected chi connectivity index (χ2v) is 9.82. The second kappa shape index (κ2) is 8.37. The summed E-state index contributed by atoms with van der Waals surface area (Å²) in [5, 5.41) is 6.67. The summed E-state index contributed by atoms with van der Waals surface area (Å²) in [5.41, 5.74) is 2.40. The number of hydrogen-bond acceptors (Lipinski definition) is 8. The van der Waals surface area contributed by atoms with Gasteiger partial charge in [0.05, 0.1) is 30.3 Å². The summed E-state index contributed by atoms with van der Waals surface area (Å²) < 4.78 is 5.47. The van der Waals surface area contributed by atoms with Crippen LogP contribution in [0.3, 0.4) is 0 Å². The molecule has 0 aromatic carbocycles. The van der Waals surface area contributed by atoms with E-state index in [0.29, 0.717) is 38.7 Å². The van der Waals surface area contributed by atoms with Gasteiger partial charge in [-0.1, -0.05) is 13.8 Å². The molecule has 170 valence electrons. The lowest BCUT2D eigenvalue weighted by Gasteiger charge is -2.36. The molecule has 2 aromatic heterocycles. The smallest absolute Gasteiger partial charge is 0.410 e. The normalized spacial score (nSPS) is 18.5. The third-order valence-corrected chi connectivity index (χ3v) is 5.51. The van der Waals surface area contributed by atoms with Crippen LogP contribution in [0.4, 0.5) is 16.4 Å². The Morgan fingerprint density at radius 1 is 1.03 bits per heavy atom. The fourth-order valence-electron chi connectivity index (χ4n) is 3.90. The Kier molecular flexibility index (Phi) is 5.75. The molecule has 1 saturated heterocycles. The predicted molar refractivity (Wildman–Crippen MR) is 124 cm³/mol. The van der Waals surface area contributed by atoms with Crippen molar-refractivity contribution in [2.75, 3.05) is 42.6 Å². The fraction of sp³-hybridized carbons (Fsp3) is 0.522. The van der Waals surface area contributed by atoms with E-state index >= 15 is 0 Å². The molecule has 0 radical (unpaired) electrons. The number of ether oxygens (including phenoxy) is 1. The van der Waals surface area contributed by atoms with Crippen molar-refractivity contribution in [2.24, 2.45) is 10.5 Å². The Bertz CT molecular complexity index is 976. The van der Waals surface area contributed by atoms with Gasteiger partial charge in [-0.25, -0.2) is 19.8 Å². The van der Waals surface area contributed by atoms with Gasteiger partial charge in [-0.05, 0) is 32.9 Å². The SMILES string of the molecule is CC(C)(C)OC(=O)N1CCN(c2cnc(N3CC(C)(C)C(c4ccncc4)=N3)nc2)CC1. The first-order valence-corrected chi connectivity index (χ1v) is 10.9. The maximum absolute atomic E-state index is 12.3. The molecule has 0 N–H and O–H groups in total. The highest BCUT2D eigenvalue weighted by molar-refractivity contribution is 6.06. The van der Waals surface area contributed by atoms with Crippen molar-refractivity contribution in [2.45, 2.75) is 40.2 Å². The Hall–Kier alpha value is -3.23. The lowest BCUT2D eigenvalue weighted by atomic mass is 9.85. The Labute approximate surface area is 189 Å². The van der Waals surface area contributed by atoms with Crippen LogP contribution >= 0.6 is 0 Å². The van der Waals surface area contributed by atoms with Crippen LogP contribution < -0.4 is 9.91 Å². The van der Waals surface area contributed by atoms with E-state index in [0.717, 1.165) is 17.0 Å². The Morgan fingerprint density at radius 3 is 2.25 bits per heavy atom. The topological polar surface area (TPSA) is 87.0 Å². The van der Waals surface area contributed by atoms with Crippen LogP contribution in [0.1, 0.15) is 40.2 Å². The molecular formula is C23H31N7O2. The largest absolute Gasteiger partial charge is 0.444 e. The van der Waals surface area contributed by atoms with E-state index in [2.05, 4.69) is 33.7 Å². The number of carbonyl (C=O) groups excluding carboxylic acids is 1. The number of rotatable bonds is 3. The van der Waals surface area contributed by atoms with Gasteiger partial charge in [0.15, 0.2) is 0 Å². The molecule has 0 atom stereocenters. The quantitative estimate of drug-likeness (QED) is 0.729. The van der Waals surface area contributed by atoms with E-state index in [1.807, 2.05) is 50.3 Å². The molecule has 0 bridgehead atoms. The predicted octanol–water partition coefficient (Wildman–Crippen LogP) is 3.18. The Balaban J connectivity index is 1.40. The number of pyridine rings is 1. The molecule has 0 aliphatic carbocycles. The van der Waals surface area contributed by atoms with E-state index in [4.69, 9.17) is 9.84 Å². The minimum atomic E-state index is -0.484. The van der Waals surface area contributed by atoms with Gasteiger partial charge in [-0.2, -0.15) is 5.10 Å². The van der Waals surface area contributed by atoms with E-state index in [9.17, 15) is 4.79 Å². The zero-order valence-corrected chi connectivity index (χ0v) is 19.4. The van der Waals surface area contributed by atoms with E-state index in [1.54, 1.807) is 17.3 Å². The molecule has 4 heterocycles. The third-order valence-electron chi connectivity index (χ3n) is 5.51. The molecule has 0 spiro atoms. The van der Waals surface area contributed by atoms with Gasteiger partial charge in [0, 0.05) is 49.6 Å². The molecule has 2 aliphatic rings. The zero-order chi connectivity index (χ0) is 22.9. The third kappa shape index (κ3) is 4.81. The van der Waals surface area contributed by atoms with Gasteiger partial charge in [-0.3, -0.25) is 4.98 Å². The van der Waals surface area contributed by atoms with Crippen LogP contribution in [0.25, 0.3) is 0 Å². The van der Waals surface area contributed by atoms with Crippen LogP contribution in [0.15, 0.2) is 42.0 Å². The van der Waals surface area contributed by atoms with Crippen LogP contribution in [0, 0.1) is 5.41 Å². The molecule has 9 heteroatoms. The van der Waals surface area contributed by atoms with Crippen LogP contribution in [-0.2, 0) is 4.74 Å². The van der Waals surface area contributed by atoms with Crippen molar-refractivity contribution >= 4 is 23.4 Å². The highest BCUT2D eigenvalue weighted by Crippen LogP contribution is 2.32. The summed E-state index contributed by atoms with van der Waals surface area (Å²) in [6, 6.07) is 3.95. The van der Waals surface area contributed by atoms with Crippen LogP contribution in [0.2, 0.25) is 0 Å². The standard InChI is InChI=1S/C23H31N7O2/c1-22(2,3)32-21(31)29-12-10-28(11-13-29)18-14-25-20(26-15-18)30-16-23(4,5)19(27-30)17-6-8-24-9-7-17/h6-9,14-15H,10-13,16H2,1-5H3. The molecule has 1 fully saturated rings. The van der Waals surface area contributed by atoms with Crippen molar-refractivity contribution in [1.82, 2.24) is 19.9 Å². The van der Waals surface area contributed by atoms with E-state index in [1.165, 1.54) is 0 Å². The molecule has 0 unspecified atom stereocenters. The molecule has 32 heavy (non-hydrogen) atoms. The minimum Gasteiger partial charge on any atom is -0.444 e. The summed E-state index contributed by atoms with van der Waals surface area (Å²) >= 11 is 0. The summed E-state index contributed by atoms with van der Waals surface area (Å²) in [6.45, 7) is 13.3. The average molecular weight is 438 g/mol. The number of carbonyl (C=O) groups is 1. The van der Waals surface area contributed by atoms with Crippen molar-refractivity contribution < 1.29 is 9.53 Å². The number of nitrogens with zero attached hydrogens (tertiary/aromatic N) is 7. The van der Waals surface area contributed by atoms with Crippen molar-refractivity contribution in [3.05, 3.63) is 42.5 Å². The zero-order valence-electron chi connectivity index (χ0n) is 19.4. The Morgan fingerprint density at radius 2 is 1.66 bits per heavy atom. The number of hydrogen-bond donors (Lipinski definition) is 0. The van der Waals surface area contributed by atoms with E-state index < -0.39 is 5.60 Å². The van der Waals surface area contributed by atoms with Crippen molar-refractivity contribution in [3.63, 3.8) is 0 Å². The highest BCUT2D eigenvalue weighted by atomic mass is 16.6. The summed E-state index contributed by atoms with van der Waals surface area (Å²) in [7, 11) is 0. The van der Waals surface area contributed by atoms with Crippen LogP contribution in [0.5, 0.6) is 0 Å². The molecule has 4 rings (SSSR count). The molecule has 9 nitrogen and oxygen atoms in total. The first kappa shape index (κ1) is 22.0. The summed E-state index contributed by atoms with van der Waals surface area (Å²) in [4.78, 5) is 29.5. The van der Waals surface area contributed by atoms with Gasteiger partial charge in [0.25, 0.3) is 0 Å². The summed E-state index contributed by atoms with van der Waals surface area (Å²) in [5.74, 6) is 0.582. The molecule has 1 amide bonds. The number of amides is 1. The summed E-state index contributed by atoms with van der Waals surface area (Å²) in [6.07, 6.45) is 6.97. The minimum absolute atomic E-state index is 0.124. The van der Waals surface area contributed by atoms with E-state index in [-0.39, 0.29) is 11.5 Å². The average Bonchev–Trinajstić information content (AvgIpc) is 3.08. The number of anilines is 2. The number of aromatic nitrogens is 3. The van der Waals surface area contributed by atoms with Gasteiger partial charge >= 0.3 is 6.09 Å². The molecule has 2 aliphatic heterocycles. The first-order chi connectivity index (χ1) is 15.1. The first-order valence-electron chi connectivity index (χ1n) is 10.9. The van der Waals surface area contributed by atoms with Gasteiger partial charge < -0.3 is 14.5 Å². The maximum atomic E-state index is 12.3. The lowest BCUT2D eigenvalue weighted by molar-refractivity contribution is 0.0240.